The summed E-state index contributed by atoms with van der Waals surface area (Å²) < 4.78 is 4.96. The van der Waals surface area contributed by atoms with E-state index in [2.05, 4.69) is 0 Å². The van der Waals surface area contributed by atoms with Gasteiger partial charge in [0.2, 0.25) is 0 Å². The lowest BCUT2D eigenvalue weighted by molar-refractivity contribution is 0.0668. The van der Waals surface area contributed by atoms with Crippen molar-refractivity contribution in [1.29, 1.82) is 0 Å². The van der Waals surface area contributed by atoms with Crippen LogP contribution >= 0.6 is 0 Å². The number of ketones is 1. The Hall–Kier alpha value is -1.35. The van der Waals surface area contributed by atoms with Crippen LogP contribution in [-0.2, 0) is 0 Å². The van der Waals surface area contributed by atoms with Crippen molar-refractivity contribution in [2.24, 2.45) is 0 Å². The average Bonchev–Trinajstić information content (AvgIpc) is 2.15. The quantitative estimate of drug-likeness (QED) is 0.671. The first kappa shape index (κ1) is 7.31. The maximum Gasteiger partial charge on any atom is 0.199 e. The van der Waals surface area contributed by atoms with E-state index in [0.29, 0.717) is 16.9 Å². The molecule has 1 unspecified atom stereocenters. The summed E-state index contributed by atoms with van der Waals surface area (Å²) in [5.74, 6) is 0.297. The summed E-state index contributed by atoms with van der Waals surface area (Å²) in [6, 6.07) is 5.19. The Kier molecular flexibility index (Phi) is 1.41. The molecule has 0 aliphatic heterocycles. The van der Waals surface area contributed by atoms with E-state index in [4.69, 9.17) is 4.74 Å². The van der Waals surface area contributed by atoms with Crippen LogP contribution < -0.4 is 4.74 Å². The number of Topliss-reactive ketones (excluding diaryl/α,β-unsaturated/α-hetero) is 1. The molecule has 1 aromatic carbocycles. The average molecular weight is 164 g/mol. The highest BCUT2D eigenvalue weighted by molar-refractivity contribution is 6.11. The predicted molar refractivity (Wildman–Crippen MR) is 42.3 cm³/mol. The summed E-state index contributed by atoms with van der Waals surface area (Å²) in [6.07, 6.45) is -0.935. The number of ether oxygens (including phenoxy) is 1. The molecule has 0 bridgehead atoms. The molecular weight excluding hydrogens is 156 g/mol. The Morgan fingerprint density at radius 1 is 1.50 bits per heavy atom. The third-order valence-electron chi connectivity index (χ3n) is 2.07. The summed E-state index contributed by atoms with van der Waals surface area (Å²) >= 11 is 0. The lowest BCUT2D eigenvalue weighted by Gasteiger charge is -2.25. The number of fused-ring (bicyclic) bond motifs is 1. The van der Waals surface area contributed by atoms with Gasteiger partial charge in [-0.1, -0.05) is 12.1 Å². The topological polar surface area (TPSA) is 46.5 Å². The first-order chi connectivity index (χ1) is 5.75. The zero-order chi connectivity index (χ0) is 8.72. The summed E-state index contributed by atoms with van der Waals surface area (Å²) in [5, 5.41) is 9.18. The number of hydrogen-bond donors (Lipinski definition) is 1. The second kappa shape index (κ2) is 2.32. The van der Waals surface area contributed by atoms with E-state index < -0.39 is 6.10 Å². The van der Waals surface area contributed by atoms with Gasteiger partial charge >= 0.3 is 0 Å². The van der Waals surface area contributed by atoms with E-state index in [0.717, 1.165) is 0 Å². The smallest absolute Gasteiger partial charge is 0.199 e. The number of hydrogen-bond acceptors (Lipinski definition) is 3. The van der Waals surface area contributed by atoms with Crippen molar-refractivity contribution in [3.63, 3.8) is 0 Å². The van der Waals surface area contributed by atoms with Crippen LogP contribution in [0.15, 0.2) is 18.2 Å². The molecule has 62 valence electrons. The second-order valence-electron chi connectivity index (χ2n) is 2.69. The molecule has 0 radical (unpaired) electrons. The Morgan fingerprint density at radius 3 is 2.92 bits per heavy atom. The third-order valence-corrected chi connectivity index (χ3v) is 2.07. The maximum absolute atomic E-state index is 11.1. The van der Waals surface area contributed by atoms with Gasteiger partial charge in [0.25, 0.3) is 0 Å². The van der Waals surface area contributed by atoms with E-state index in [1.165, 1.54) is 7.11 Å². The van der Waals surface area contributed by atoms with Crippen molar-refractivity contribution in [2.45, 2.75) is 6.10 Å². The summed E-state index contributed by atoms with van der Waals surface area (Å²) in [5.41, 5.74) is 1.19. The molecule has 12 heavy (non-hydrogen) atoms. The number of carbonyl (C=O) groups is 1. The van der Waals surface area contributed by atoms with Gasteiger partial charge in [-0.15, -0.1) is 0 Å². The molecule has 0 saturated heterocycles. The minimum Gasteiger partial charge on any atom is -0.496 e. The number of aliphatic hydroxyl groups is 1. The standard InChI is InChI=1S/C9H8O3/c1-12-6-4-2-3-5-7(6)9(11)8(5)10/h2-4,8,10H,1H3. The molecule has 1 aliphatic rings. The van der Waals surface area contributed by atoms with Crippen LogP contribution in [0, 0.1) is 0 Å². The number of aliphatic hydroxyl groups excluding tert-OH is 1. The van der Waals surface area contributed by atoms with Crippen LogP contribution in [0.5, 0.6) is 5.75 Å². The molecule has 0 spiro atoms. The second-order valence-corrected chi connectivity index (χ2v) is 2.69. The lowest BCUT2D eigenvalue weighted by atomic mass is 9.83. The highest BCUT2D eigenvalue weighted by Crippen LogP contribution is 2.38. The van der Waals surface area contributed by atoms with Gasteiger partial charge in [0.05, 0.1) is 12.7 Å². The normalized spacial score (nSPS) is 19.8. The first-order valence-electron chi connectivity index (χ1n) is 3.65. The van der Waals surface area contributed by atoms with Gasteiger partial charge in [-0.3, -0.25) is 4.79 Å². The monoisotopic (exact) mass is 164 g/mol. The highest BCUT2D eigenvalue weighted by atomic mass is 16.5. The zero-order valence-electron chi connectivity index (χ0n) is 6.57. The predicted octanol–water partition coefficient (Wildman–Crippen LogP) is 0.925. The largest absolute Gasteiger partial charge is 0.496 e. The first-order valence-corrected chi connectivity index (χ1v) is 3.65. The van der Waals surface area contributed by atoms with Crippen LogP contribution in [-0.4, -0.2) is 18.0 Å². The Bertz CT molecular complexity index is 329. The molecule has 0 saturated carbocycles. The van der Waals surface area contributed by atoms with Crippen molar-refractivity contribution in [3.05, 3.63) is 29.3 Å². The van der Waals surface area contributed by atoms with Gasteiger partial charge < -0.3 is 9.84 Å². The van der Waals surface area contributed by atoms with E-state index in [9.17, 15) is 9.90 Å². The van der Waals surface area contributed by atoms with Gasteiger partial charge in [-0.2, -0.15) is 0 Å². The van der Waals surface area contributed by atoms with Gasteiger partial charge in [0, 0.05) is 5.56 Å². The van der Waals surface area contributed by atoms with E-state index in [1.54, 1.807) is 18.2 Å². The number of rotatable bonds is 1. The van der Waals surface area contributed by atoms with E-state index in [-0.39, 0.29) is 5.78 Å². The van der Waals surface area contributed by atoms with Crippen LogP contribution in [0.4, 0.5) is 0 Å². The van der Waals surface area contributed by atoms with Crippen LogP contribution in [0.2, 0.25) is 0 Å². The molecule has 3 heteroatoms. The Labute approximate surface area is 69.6 Å². The summed E-state index contributed by atoms with van der Waals surface area (Å²) in [4.78, 5) is 11.1. The van der Waals surface area contributed by atoms with Gasteiger partial charge in [0.1, 0.15) is 11.9 Å². The highest BCUT2D eigenvalue weighted by Gasteiger charge is 2.36. The molecular formula is C9H8O3. The number of carbonyl (C=O) groups excluding carboxylic acids is 1. The minimum absolute atomic E-state index is 0.248. The van der Waals surface area contributed by atoms with Crippen molar-refractivity contribution in [3.8, 4) is 5.75 Å². The Morgan fingerprint density at radius 2 is 2.25 bits per heavy atom. The van der Waals surface area contributed by atoms with Crippen molar-refractivity contribution in [1.82, 2.24) is 0 Å². The molecule has 0 aromatic heterocycles. The van der Waals surface area contributed by atoms with E-state index >= 15 is 0 Å². The molecule has 0 heterocycles. The van der Waals surface area contributed by atoms with Crippen LogP contribution in [0.25, 0.3) is 0 Å². The van der Waals surface area contributed by atoms with E-state index in [1.807, 2.05) is 0 Å². The fraction of sp³-hybridized carbons (Fsp3) is 0.222. The summed E-state index contributed by atoms with van der Waals surface area (Å²) in [6.45, 7) is 0. The fourth-order valence-electron chi connectivity index (χ4n) is 1.41. The van der Waals surface area contributed by atoms with Gasteiger partial charge in [-0.05, 0) is 6.07 Å². The lowest BCUT2D eigenvalue weighted by Crippen LogP contribution is -2.26. The molecule has 1 aliphatic carbocycles. The molecule has 1 aromatic rings. The number of methoxy groups -OCH3 is 1. The SMILES string of the molecule is COc1cccc2c1C(=O)C2O. The van der Waals surface area contributed by atoms with Gasteiger partial charge in [-0.25, -0.2) is 0 Å². The molecule has 2 rings (SSSR count). The van der Waals surface area contributed by atoms with Gasteiger partial charge in [0.15, 0.2) is 5.78 Å². The molecule has 1 atom stereocenters. The molecule has 1 N–H and O–H groups in total. The van der Waals surface area contributed by atoms with Crippen molar-refractivity contribution < 1.29 is 14.6 Å². The molecule has 0 amide bonds. The zero-order valence-corrected chi connectivity index (χ0v) is 6.57. The third kappa shape index (κ3) is 0.713. The summed E-state index contributed by atoms with van der Waals surface area (Å²) in [7, 11) is 1.51. The molecule has 3 nitrogen and oxygen atoms in total. The van der Waals surface area contributed by atoms with Crippen molar-refractivity contribution >= 4 is 5.78 Å². The Balaban J connectivity index is 2.58. The van der Waals surface area contributed by atoms with Crippen LogP contribution in [0.3, 0.4) is 0 Å². The minimum atomic E-state index is -0.935. The number of benzene rings is 1. The molecule has 0 fully saturated rings. The van der Waals surface area contributed by atoms with Crippen LogP contribution in [0.1, 0.15) is 22.0 Å². The maximum atomic E-state index is 11.1. The fourth-order valence-corrected chi connectivity index (χ4v) is 1.41. The van der Waals surface area contributed by atoms with Crippen molar-refractivity contribution in [2.75, 3.05) is 7.11 Å².